The van der Waals surface area contributed by atoms with Gasteiger partial charge in [-0.3, -0.25) is 0 Å². The summed E-state index contributed by atoms with van der Waals surface area (Å²) in [7, 11) is 0. The van der Waals surface area contributed by atoms with E-state index in [9.17, 15) is 0 Å². The quantitative estimate of drug-likeness (QED) is 0.167. The molecule has 0 spiro atoms. The van der Waals surface area contributed by atoms with Crippen LogP contribution in [0.5, 0.6) is 0 Å². The second-order valence-electron chi connectivity index (χ2n) is 18.0. The van der Waals surface area contributed by atoms with Crippen LogP contribution in [0.4, 0.5) is 0 Å². The molecule has 3 heteroatoms. The van der Waals surface area contributed by atoms with E-state index in [1.165, 1.54) is 86.9 Å². The minimum absolute atomic E-state index is 0.151. The molecule has 306 valence electrons. The van der Waals surface area contributed by atoms with Gasteiger partial charge in [-0.15, -0.1) is 11.3 Å². The lowest BCUT2D eigenvalue weighted by molar-refractivity contribution is 0.660. The lowest BCUT2D eigenvalue weighted by atomic mass is 9.67. The molecule has 2 aliphatic carbocycles. The highest BCUT2D eigenvalue weighted by Gasteiger charge is 2.46. The van der Waals surface area contributed by atoms with E-state index >= 15 is 0 Å². The molecule has 0 fully saturated rings. The van der Waals surface area contributed by atoms with Crippen molar-refractivity contribution in [3.8, 4) is 67.3 Å². The standard InChI is InChI=1S/C62H42N2S/c1-61(2)50-26-12-10-22-47(50)58-49(25-15-28-52(58)61)60-63-54(40-33-31-39(32-34-40)44-24-16-30-57-59(44)48-23-11-14-29-56(48)65-57)38-55(64-60)41-35-36-46-45-21-9-13-27-51(45)62(53(46)37-41,42-17-5-3-6-18-42)43-19-7-4-8-20-43/h3-38H,1-2H3. The Morgan fingerprint density at radius 1 is 0.369 bits per heavy atom. The summed E-state index contributed by atoms with van der Waals surface area (Å²) in [5.41, 5.74) is 19.3. The van der Waals surface area contributed by atoms with E-state index in [0.29, 0.717) is 0 Å². The second kappa shape index (κ2) is 14.4. The lowest BCUT2D eigenvalue weighted by Gasteiger charge is -2.34. The molecule has 0 N–H and O–H groups in total. The van der Waals surface area contributed by atoms with Crippen LogP contribution in [0.1, 0.15) is 47.2 Å². The highest BCUT2D eigenvalue weighted by Crippen LogP contribution is 2.57. The number of hydrogen-bond donors (Lipinski definition) is 0. The molecular weight excluding hydrogens is 805 g/mol. The predicted octanol–water partition coefficient (Wildman–Crippen LogP) is 16.2. The summed E-state index contributed by atoms with van der Waals surface area (Å²) >= 11 is 1.86. The molecule has 11 aromatic rings. The number of rotatable bonds is 6. The third-order valence-electron chi connectivity index (χ3n) is 14.2. The van der Waals surface area contributed by atoms with Crippen molar-refractivity contribution in [3.05, 3.63) is 252 Å². The van der Waals surface area contributed by atoms with Crippen LogP contribution in [-0.2, 0) is 10.8 Å². The van der Waals surface area contributed by atoms with Gasteiger partial charge in [0.15, 0.2) is 5.82 Å². The normalized spacial score (nSPS) is 13.9. The fourth-order valence-corrected chi connectivity index (χ4v) is 12.4. The van der Waals surface area contributed by atoms with Crippen LogP contribution in [0.15, 0.2) is 218 Å². The van der Waals surface area contributed by atoms with Crippen molar-refractivity contribution in [2.45, 2.75) is 24.7 Å². The maximum Gasteiger partial charge on any atom is 0.161 e. The Morgan fingerprint density at radius 2 is 0.908 bits per heavy atom. The zero-order valence-corrected chi connectivity index (χ0v) is 36.9. The average molecular weight is 847 g/mol. The van der Waals surface area contributed by atoms with E-state index in [-0.39, 0.29) is 5.41 Å². The Balaban J connectivity index is 1.03. The molecule has 0 radical (unpaired) electrons. The van der Waals surface area contributed by atoms with Crippen molar-refractivity contribution in [2.75, 3.05) is 0 Å². The first-order valence-electron chi connectivity index (χ1n) is 22.5. The van der Waals surface area contributed by atoms with Crippen LogP contribution >= 0.6 is 11.3 Å². The zero-order chi connectivity index (χ0) is 43.3. The first-order chi connectivity index (χ1) is 32.0. The van der Waals surface area contributed by atoms with Crippen molar-refractivity contribution in [1.29, 1.82) is 0 Å². The zero-order valence-electron chi connectivity index (χ0n) is 36.1. The Hall–Kier alpha value is -7.72. The summed E-state index contributed by atoms with van der Waals surface area (Å²) in [4.78, 5) is 11.1. The highest BCUT2D eigenvalue weighted by molar-refractivity contribution is 7.25. The van der Waals surface area contributed by atoms with Gasteiger partial charge in [0.2, 0.25) is 0 Å². The van der Waals surface area contributed by atoms with Gasteiger partial charge in [-0.25, -0.2) is 9.97 Å². The molecule has 2 aliphatic rings. The van der Waals surface area contributed by atoms with Gasteiger partial charge in [-0.05, 0) is 91.0 Å². The van der Waals surface area contributed by atoms with Crippen LogP contribution in [-0.4, -0.2) is 9.97 Å². The first kappa shape index (κ1) is 37.8. The summed E-state index contributed by atoms with van der Waals surface area (Å²) < 4.78 is 2.62. The van der Waals surface area contributed by atoms with Crippen molar-refractivity contribution >= 4 is 31.5 Å². The molecule has 0 bridgehead atoms. The van der Waals surface area contributed by atoms with Crippen molar-refractivity contribution < 1.29 is 0 Å². The minimum Gasteiger partial charge on any atom is -0.228 e. The maximum absolute atomic E-state index is 5.58. The molecule has 0 atom stereocenters. The fourth-order valence-electron chi connectivity index (χ4n) is 11.2. The highest BCUT2D eigenvalue weighted by atomic mass is 32.1. The summed E-state index contributed by atoms with van der Waals surface area (Å²) in [6, 6.07) is 80.1. The molecule has 2 heterocycles. The Labute approximate surface area is 383 Å². The average Bonchev–Trinajstić information content (AvgIpc) is 3.98. The third-order valence-corrected chi connectivity index (χ3v) is 15.4. The molecule has 0 amide bonds. The molecule has 2 nitrogen and oxygen atoms in total. The fraction of sp³-hybridized carbons (Fsp3) is 0.0645. The smallest absolute Gasteiger partial charge is 0.161 e. The molecule has 0 unspecified atom stereocenters. The molecule has 9 aromatic carbocycles. The maximum atomic E-state index is 5.58. The molecule has 65 heavy (non-hydrogen) atoms. The van der Waals surface area contributed by atoms with Gasteiger partial charge in [-0.1, -0.05) is 208 Å². The van der Waals surface area contributed by atoms with Gasteiger partial charge in [0.05, 0.1) is 16.8 Å². The van der Waals surface area contributed by atoms with E-state index < -0.39 is 5.41 Å². The SMILES string of the molecule is CC1(C)c2ccccc2-c2c(-c3nc(-c4ccc(-c5cccc6sc7ccccc7c56)cc4)cc(-c4ccc5c(c4)C(c4ccccc4)(c4ccccc4)c4ccccc4-5)n3)cccc21. The number of thiophene rings is 1. The summed E-state index contributed by atoms with van der Waals surface area (Å²) in [6.45, 7) is 4.67. The summed E-state index contributed by atoms with van der Waals surface area (Å²) in [5, 5.41) is 2.62. The van der Waals surface area contributed by atoms with E-state index in [0.717, 1.165) is 33.9 Å². The van der Waals surface area contributed by atoms with E-state index in [1.807, 2.05) is 11.3 Å². The third kappa shape index (κ3) is 5.59. The molecule has 0 saturated heterocycles. The van der Waals surface area contributed by atoms with Gasteiger partial charge in [0.1, 0.15) is 0 Å². The monoisotopic (exact) mass is 846 g/mol. The van der Waals surface area contributed by atoms with Gasteiger partial charge >= 0.3 is 0 Å². The number of hydrogen-bond acceptors (Lipinski definition) is 3. The second-order valence-corrected chi connectivity index (χ2v) is 19.1. The van der Waals surface area contributed by atoms with E-state index in [4.69, 9.17) is 9.97 Å². The van der Waals surface area contributed by atoms with Crippen LogP contribution in [0, 0.1) is 0 Å². The summed E-state index contributed by atoms with van der Waals surface area (Å²) in [5.74, 6) is 0.724. The van der Waals surface area contributed by atoms with Crippen LogP contribution < -0.4 is 0 Å². The Bertz CT molecular complexity index is 3640. The van der Waals surface area contributed by atoms with Crippen LogP contribution in [0.25, 0.3) is 87.5 Å². The first-order valence-corrected chi connectivity index (χ1v) is 23.3. The van der Waals surface area contributed by atoms with Gasteiger partial charge < -0.3 is 0 Å². The Kier molecular flexibility index (Phi) is 8.38. The van der Waals surface area contributed by atoms with Gasteiger partial charge in [0, 0.05) is 42.3 Å². The number of aromatic nitrogens is 2. The predicted molar refractivity (Wildman–Crippen MR) is 272 cm³/mol. The number of fused-ring (bicyclic) bond motifs is 9. The van der Waals surface area contributed by atoms with Gasteiger partial charge in [0.25, 0.3) is 0 Å². The number of nitrogens with zero attached hydrogens (tertiary/aromatic N) is 2. The molecule has 0 aliphatic heterocycles. The molecule has 13 rings (SSSR count). The lowest BCUT2D eigenvalue weighted by Crippen LogP contribution is -2.28. The summed E-state index contributed by atoms with van der Waals surface area (Å²) in [6.07, 6.45) is 0. The topological polar surface area (TPSA) is 25.8 Å². The largest absolute Gasteiger partial charge is 0.228 e. The van der Waals surface area contributed by atoms with Crippen molar-refractivity contribution in [2.24, 2.45) is 0 Å². The minimum atomic E-state index is -0.523. The van der Waals surface area contributed by atoms with Crippen LogP contribution in [0.2, 0.25) is 0 Å². The van der Waals surface area contributed by atoms with Crippen LogP contribution in [0.3, 0.4) is 0 Å². The van der Waals surface area contributed by atoms with Gasteiger partial charge in [-0.2, -0.15) is 0 Å². The Morgan fingerprint density at radius 3 is 1.68 bits per heavy atom. The molecule has 2 aromatic heterocycles. The van der Waals surface area contributed by atoms with E-state index in [2.05, 4.69) is 232 Å². The van der Waals surface area contributed by atoms with Crippen molar-refractivity contribution in [1.82, 2.24) is 9.97 Å². The molecular formula is C62H42N2S. The van der Waals surface area contributed by atoms with Crippen molar-refractivity contribution in [3.63, 3.8) is 0 Å². The molecule has 0 saturated carbocycles. The van der Waals surface area contributed by atoms with E-state index in [1.54, 1.807) is 0 Å². The number of benzene rings is 9.